The molecule has 0 fully saturated rings. The van der Waals surface area contributed by atoms with Crippen LogP contribution >= 0.6 is 0 Å². The summed E-state index contributed by atoms with van der Waals surface area (Å²) in [7, 11) is 0. The van der Waals surface area contributed by atoms with Crippen molar-refractivity contribution in [3.8, 4) is 0 Å². The quantitative estimate of drug-likeness (QED) is 0.415. The van der Waals surface area contributed by atoms with Gasteiger partial charge in [-0.15, -0.1) is 0 Å². The number of hydrogen-bond donors (Lipinski definition) is 1. The van der Waals surface area contributed by atoms with Crippen molar-refractivity contribution >= 4 is 23.5 Å². The van der Waals surface area contributed by atoms with Crippen LogP contribution in [0.25, 0.3) is 6.08 Å². The van der Waals surface area contributed by atoms with E-state index in [-0.39, 0.29) is 18.1 Å². The number of benzene rings is 2. The van der Waals surface area contributed by atoms with Crippen molar-refractivity contribution in [2.75, 3.05) is 5.32 Å². The van der Waals surface area contributed by atoms with Crippen molar-refractivity contribution in [1.29, 1.82) is 0 Å². The third kappa shape index (κ3) is 5.51. The Bertz CT molecular complexity index is 1030. The first kappa shape index (κ1) is 21.2. The largest absolute Gasteiger partial charge is 0.325 e. The lowest BCUT2D eigenvalue weighted by molar-refractivity contribution is -0.115. The fourth-order valence-electron chi connectivity index (χ4n) is 3.35. The van der Waals surface area contributed by atoms with Crippen LogP contribution in [0, 0.1) is 0 Å². The van der Waals surface area contributed by atoms with Gasteiger partial charge < -0.3 is 5.32 Å². The van der Waals surface area contributed by atoms with Crippen molar-refractivity contribution in [2.45, 2.75) is 33.1 Å². The minimum absolute atomic E-state index is 0.0823. The number of aryl methyl sites for hydroxylation is 2. The number of pyridine rings is 1. The van der Waals surface area contributed by atoms with E-state index in [1.165, 1.54) is 6.08 Å². The van der Waals surface area contributed by atoms with Crippen LogP contribution in [0.15, 0.2) is 73.1 Å². The van der Waals surface area contributed by atoms with Crippen LogP contribution in [-0.2, 0) is 24.1 Å². The molecule has 1 amide bonds. The number of rotatable bonds is 8. The van der Waals surface area contributed by atoms with E-state index in [4.69, 9.17) is 0 Å². The molecule has 1 aromatic heterocycles. The molecule has 2 aromatic carbocycles. The van der Waals surface area contributed by atoms with Crippen LogP contribution in [0.1, 0.15) is 46.5 Å². The summed E-state index contributed by atoms with van der Waals surface area (Å²) in [6.45, 7) is 4.16. The highest BCUT2D eigenvalue weighted by Crippen LogP contribution is 2.23. The number of para-hydroxylation sites is 1. The normalized spacial score (nSPS) is 10.9. The maximum atomic E-state index is 12.7. The standard InChI is InChI=1S/C26H26N2O2/c1-3-21-10-6-11-22(4-2)26(21)28-25(30)17-20-8-5-12-23(16-20)24(29)14-13-19-9-7-15-27-18-19/h5-16,18H,3-4,17H2,1-2H3,(H,28,30). The number of carbonyl (C=O) groups excluding carboxylic acids is 2. The van der Waals surface area contributed by atoms with Gasteiger partial charge in [-0.1, -0.05) is 56.3 Å². The van der Waals surface area contributed by atoms with Crippen molar-refractivity contribution in [1.82, 2.24) is 4.98 Å². The second-order valence-corrected chi connectivity index (χ2v) is 7.07. The average Bonchev–Trinajstić information content (AvgIpc) is 2.78. The number of carbonyl (C=O) groups is 2. The molecule has 0 unspecified atom stereocenters. The molecular weight excluding hydrogens is 372 g/mol. The average molecular weight is 399 g/mol. The van der Waals surface area contributed by atoms with Crippen LogP contribution in [0.3, 0.4) is 0 Å². The number of hydrogen-bond acceptors (Lipinski definition) is 3. The van der Waals surface area contributed by atoms with Gasteiger partial charge in [0.15, 0.2) is 5.78 Å². The third-order valence-electron chi connectivity index (χ3n) is 4.95. The number of aromatic nitrogens is 1. The molecule has 1 heterocycles. The Kier molecular flexibility index (Phi) is 7.28. The van der Waals surface area contributed by atoms with Crippen molar-refractivity contribution < 1.29 is 9.59 Å². The van der Waals surface area contributed by atoms with Crippen molar-refractivity contribution in [2.24, 2.45) is 0 Å². The molecule has 3 rings (SSSR count). The van der Waals surface area contributed by atoms with E-state index < -0.39 is 0 Å². The molecule has 0 bridgehead atoms. The fraction of sp³-hybridized carbons (Fsp3) is 0.192. The maximum Gasteiger partial charge on any atom is 0.228 e. The van der Waals surface area contributed by atoms with Gasteiger partial charge >= 0.3 is 0 Å². The molecule has 0 aliphatic rings. The maximum absolute atomic E-state index is 12.7. The van der Waals surface area contributed by atoms with Crippen LogP contribution in [0.2, 0.25) is 0 Å². The molecule has 0 aliphatic heterocycles. The Labute approximate surface area is 177 Å². The van der Waals surface area contributed by atoms with Gasteiger partial charge in [0.1, 0.15) is 0 Å². The van der Waals surface area contributed by atoms with E-state index in [0.29, 0.717) is 5.56 Å². The van der Waals surface area contributed by atoms with Gasteiger partial charge in [0.2, 0.25) is 5.91 Å². The summed E-state index contributed by atoms with van der Waals surface area (Å²) in [4.78, 5) is 29.2. The Hall–Kier alpha value is -3.53. The molecule has 3 aromatic rings. The first-order valence-corrected chi connectivity index (χ1v) is 10.2. The van der Waals surface area contributed by atoms with E-state index in [9.17, 15) is 9.59 Å². The highest BCUT2D eigenvalue weighted by Gasteiger charge is 2.11. The monoisotopic (exact) mass is 398 g/mol. The van der Waals surface area contributed by atoms with Crippen molar-refractivity contribution in [3.05, 3.63) is 101 Å². The molecular formula is C26H26N2O2. The van der Waals surface area contributed by atoms with E-state index in [1.54, 1.807) is 30.6 Å². The lowest BCUT2D eigenvalue weighted by Gasteiger charge is -2.14. The summed E-state index contributed by atoms with van der Waals surface area (Å²) in [5.74, 6) is -0.188. The van der Waals surface area contributed by atoms with E-state index >= 15 is 0 Å². The molecule has 30 heavy (non-hydrogen) atoms. The Balaban J connectivity index is 1.70. The summed E-state index contributed by atoms with van der Waals surface area (Å²) >= 11 is 0. The van der Waals surface area contributed by atoms with Crippen LogP contribution in [0.5, 0.6) is 0 Å². The number of allylic oxidation sites excluding steroid dienone is 1. The minimum atomic E-state index is -0.106. The highest BCUT2D eigenvalue weighted by atomic mass is 16.1. The SMILES string of the molecule is CCc1cccc(CC)c1NC(=O)Cc1cccc(C(=O)C=Cc2cccnc2)c1. The van der Waals surface area contributed by atoms with E-state index in [2.05, 4.69) is 24.1 Å². The van der Waals surface area contributed by atoms with Gasteiger partial charge in [-0.2, -0.15) is 0 Å². The van der Waals surface area contributed by atoms with Gasteiger partial charge in [0, 0.05) is 23.6 Å². The topological polar surface area (TPSA) is 59.1 Å². The zero-order chi connectivity index (χ0) is 21.3. The predicted molar refractivity (Wildman–Crippen MR) is 122 cm³/mol. The Morgan fingerprint density at radius 2 is 1.70 bits per heavy atom. The molecule has 0 spiro atoms. The molecule has 0 saturated carbocycles. The predicted octanol–water partition coefficient (Wildman–Crippen LogP) is 5.28. The van der Waals surface area contributed by atoms with Gasteiger partial charge in [-0.05, 0) is 59.4 Å². The molecule has 4 heteroatoms. The minimum Gasteiger partial charge on any atom is -0.325 e. The number of nitrogens with zero attached hydrogens (tertiary/aromatic N) is 1. The molecule has 4 nitrogen and oxygen atoms in total. The van der Waals surface area contributed by atoms with E-state index in [1.807, 2.05) is 42.5 Å². The van der Waals surface area contributed by atoms with Gasteiger partial charge in [0.05, 0.1) is 6.42 Å². The summed E-state index contributed by atoms with van der Waals surface area (Å²) in [6, 6.07) is 17.0. The second kappa shape index (κ2) is 10.3. The molecule has 152 valence electrons. The molecule has 0 atom stereocenters. The third-order valence-corrected chi connectivity index (χ3v) is 4.95. The van der Waals surface area contributed by atoms with Gasteiger partial charge in [-0.25, -0.2) is 0 Å². The van der Waals surface area contributed by atoms with Crippen LogP contribution in [-0.4, -0.2) is 16.7 Å². The molecule has 1 N–H and O–H groups in total. The summed E-state index contributed by atoms with van der Waals surface area (Å²) in [5, 5.41) is 3.08. The zero-order valence-corrected chi connectivity index (χ0v) is 17.4. The number of nitrogens with one attached hydrogen (secondary N) is 1. The molecule has 0 radical (unpaired) electrons. The lowest BCUT2D eigenvalue weighted by Crippen LogP contribution is -2.17. The Morgan fingerprint density at radius 1 is 0.967 bits per heavy atom. The highest BCUT2D eigenvalue weighted by molar-refractivity contribution is 6.07. The molecule has 0 aliphatic carbocycles. The first-order chi connectivity index (χ1) is 14.6. The lowest BCUT2D eigenvalue weighted by atomic mass is 10.0. The van der Waals surface area contributed by atoms with Gasteiger partial charge in [0.25, 0.3) is 0 Å². The van der Waals surface area contributed by atoms with Crippen LogP contribution < -0.4 is 5.32 Å². The summed E-state index contributed by atoms with van der Waals surface area (Å²) < 4.78 is 0. The van der Waals surface area contributed by atoms with Gasteiger partial charge in [-0.3, -0.25) is 14.6 Å². The number of ketones is 1. The first-order valence-electron chi connectivity index (χ1n) is 10.2. The Morgan fingerprint density at radius 3 is 2.37 bits per heavy atom. The van der Waals surface area contributed by atoms with E-state index in [0.717, 1.165) is 40.8 Å². The second-order valence-electron chi connectivity index (χ2n) is 7.07. The van der Waals surface area contributed by atoms with Crippen molar-refractivity contribution in [3.63, 3.8) is 0 Å². The zero-order valence-electron chi connectivity index (χ0n) is 17.4. The smallest absolute Gasteiger partial charge is 0.228 e. The summed E-state index contributed by atoms with van der Waals surface area (Å²) in [5.41, 5.74) is 5.41. The number of amides is 1. The summed E-state index contributed by atoms with van der Waals surface area (Å²) in [6.07, 6.45) is 8.59. The number of anilines is 1. The molecule has 0 saturated heterocycles. The van der Waals surface area contributed by atoms with Crippen LogP contribution in [0.4, 0.5) is 5.69 Å². The fourth-order valence-corrected chi connectivity index (χ4v) is 3.35.